The Kier molecular flexibility index (Phi) is 4.61. The number of nitrogens with one attached hydrogen (secondary N) is 1. The van der Waals surface area contributed by atoms with Gasteiger partial charge in [-0.25, -0.2) is 17.5 Å². The highest BCUT2D eigenvalue weighted by molar-refractivity contribution is 7.89. The summed E-state index contributed by atoms with van der Waals surface area (Å²) in [6.07, 6.45) is 1.60. The summed E-state index contributed by atoms with van der Waals surface area (Å²) in [5.41, 5.74) is 0.434. The highest BCUT2D eigenvalue weighted by Gasteiger charge is 2.22. The number of methoxy groups -OCH3 is 1. The van der Waals surface area contributed by atoms with E-state index >= 15 is 0 Å². The Labute approximate surface area is 121 Å². The molecule has 0 aliphatic rings. The second kappa shape index (κ2) is 6.25. The highest BCUT2D eigenvalue weighted by atomic mass is 32.2. The molecule has 8 heteroatoms. The van der Waals surface area contributed by atoms with Crippen LogP contribution in [0.4, 0.5) is 4.39 Å². The molecule has 2 rings (SSSR count). The second-order valence-corrected chi connectivity index (χ2v) is 5.95. The van der Waals surface area contributed by atoms with Gasteiger partial charge in [0.05, 0.1) is 25.7 Å². The minimum atomic E-state index is -4.02. The first kappa shape index (κ1) is 15.5. The average molecular weight is 315 g/mol. The summed E-state index contributed by atoms with van der Waals surface area (Å²) in [6.45, 7) is -0.276. The molecule has 0 saturated heterocycles. The largest absolute Gasteiger partial charge is 0.495 e. The van der Waals surface area contributed by atoms with Crippen LogP contribution in [0.3, 0.4) is 0 Å². The Morgan fingerprint density at radius 2 is 2.19 bits per heavy atom. The van der Waals surface area contributed by atoms with Crippen molar-refractivity contribution in [3.05, 3.63) is 48.2 Å². The van der Waals surface area contributed by atoms with Crippen LogP contribution in [-0.2, 0) is 10.0 Å². The van der Waals surface area contributed by atoms with Crippen LogP contribution in [0.5, 0.6) is 5.75 Å². The number of sulfonamides is 1. The van der Waals surface area contributed by atoms with Crippen LogP contribution in [0.1, 0.15) is 11.7 Å². The number of aliphatic hydroxyl groups excluding tert-OH is 1. The maximum Gasteiger partial charge on any atom is 0.244 e. The zero-order chi connectivity index (χ0) is 15.5. The SMILES string of the molecule is COc1ccc(F)cc1S(=O)(=O)NCC(O)c1ccoc1. The van der Waals surface area contributed by atoms with Crippen molar-refractivity contribution >= 4 is 10.0 Å². The van der Waals surface area contributed by atoms with Gasteiger partial charge in [0.1, 0.15) is 16.5 Å². The molecule has 0 spiro atoms. The van der Waals surface area contributed by atoms with Gasteiger partial charge in [-0.1, -0.05) is 0 Å². The lowest BCUT2D eigenvalue weighted by molar-refractivity contribution is 0.181. The molecular weight excluding hydrogens is 301 g/mol. The number of hydrogen-bond acceptors (Lipinski definition) is 5. The predicted octanol–water partition coefficient (Wildman–Crippen LogP) is 1.44. The van der Waals surface area contributed by atoms with Crippen molar-refractivity contribution in [2.24, 2.45) is 0 Å². The topological polar surface area (TPSA) is 88.8 Å². The monoisotopic (exact) mass is 315 g/mol. The summed E-state index contributed by atoms with van der Waals surface area (Å²) in [5, 5.41) is 9.81. The molecule has 1 atom stereocenters. The smallest absolute Gasteiger partial charge is 0.244 e. The van der Waals surface area contributed by atoms with E-state index in [2.05, 4.69) is 4.72 Å². The number of benzene rings is 1. The molecule has 0 amide bonds. The first-order chi connectivity index (χ1) is 9.94. The van der Waals surface area contributed by atoms with E-state index in [1.54, 1.807) is 0 Å². The fourth-order valence-corrected chi connectivity index (χ4v) is 2.93. The van der Waals surface area contributed by atoms with Gasteiger partial charge >= 0.3 is 0 Å². The first-order valence-electron chi connectivity index (χ1n) is 5.97. The van der Waals surface area contributed by atoms with Gasteiger partial charge in [0.2, 0.25) is 10.0 Å². The summed E-state index contributed by atoms with van der Waals surface area (Å²) in [5.74, 6) is -0.687. The molecule has 1 heterocycles. The van der Waals surface area contributed by atoms with Crippen molar-refractivity contribution in [2.75, 3.05) is 13.7 Å². The summed E-state index contributed by atoms with van der Waals surface area (Å²) in [4.78, 5) is -0.329. The third-order valence-corrected chi connectivity index (χ3v) is 4.25. The van der Waals surface area contributed by atoms with Crippen molar-refractivity contribution in [1.82, 2.24) is 4.72 Å². The third kappa shape index (κ3) is 3.60. The van der Waals surface area contributed by atoms with Crippen molar-refractivity contribution in [2.45, 2.75) is 11.0 Å². The molecule has 1 aromatic carbocycles. The third-order valence-electron chi connectivity index (χ3n) is 2.81. The van der Waals surface area contributed by atoms with E-state index < -0.39 is 21.9 Å². The minimum Gasteiger partial charge on any atom is -0.495 e. The molecule has 1 unspecified atom stereocenters. The molecule has 21 heavy (non-hydrogen) atoms. The van der Waals surface area contributed by atoms with E-state index in [0.29, 0.717) is 5.56 Å². The van der Waals surface area contributed by atoms with Crippen LogP contribution in [0.15, 0.2) is 46.1 Å². The van der Waals surface area contributed by atoms with Gasteiger partial charge in [-0.05, 0) is 24.3 Å². The van der Waals surface area contributed by atoms with Crippen molar-refractivity contribution in [3.8, 4) is 5.75 Å². The van der Waals surface area contributed by atoms with Crippen LogP contribution in [-0.4, -0.2) is 27.2 Å². The Morgan fingerprint density at radius 1 is 1.43 bits per heavy atom. The Balaban J connectivity index is 2.17. The molecule has 114 valence electrons. The molecule has 2 N–H and O–H groups in total. The normalized spacial score (nSPS) is 13.1. The maximum absolute atomic E-state index is 13.2. The number of hydrogen-bond donors (Lipinski definition) is 2. The summed E-state index contributed by atoms with van der Waals surface area (Å²) < 4.78 is 49.4. The van der Waals surface area contributed by atoms with Crippen molar-refractivity contribution in [1.29, 1.82) is 0 Å². The van der Waals surface area contributed by atoms with E-state index in [-0.39, 0.29) is 17.2 Å². The fourth-order valence-electron chi connectivity index (χ4n) is 1.71. The van der Waals surface area contributed by atoms with Crippen LogP contribution < -0.4 is 9.46 Å². The molecule has 0 fully saturated rings. The maximum atomic E-state index is 13.2. The molecule has 0 bridgehead atoms. The number of halogens is 1. The van der Waals surface area contributed by atoms with E-state index in [1.165, 1.54) is 31.8 Å². The van der Waals surface area contributed by atoms with Gasteiger partial charge in [-0.15, -0.1) is 0 Å². The number of aliphatic hydroxyl groups is 1. The van der Waals surface area contributed by atoms with E-state index in [9.17, 15) is 17.9 Å². The second-order valence-electron chi connectivity index (χ2n) is 4.22. The van der Waals surface area contributed by atoms with Crippen molar-refractivity contribution in [3.63, 3.8) is 0 Å². The zero-order valence-corrected chi connectivity index (χ0v) is 11.9. The molecule has 0 radical (unpaired) electrons. The lowest BCUT2D eigenvalue weighted by Crippen LogP contribution is -2.28. The van der Waals surface area contributed by atoms with E-state index in [0.717, 1.165) is 12.1 Å². The molecule has 0 aliphatic heterocycles. The summed E-state index contributed by atoms with van der Waals surface area (Å²) in [7, 11) is -2.73. The van der Waals surface area contributed by atoms with Gasteiger partial charge in [-0.2, -0.15) is 0 Å². The van der Waals surface area contributed by atoms with Gasteiger partial charge in [-0.3, -0.25) is 0 Å². The number of rotatable bonds is 6. The number of furan rings is 1. The van der Waals surface area contributed by atoms with E-state index in [1.807, 2.05) is 0 Å². The van der Waals surface area contributed by atoms with Crippen molar-refractivity contribution < 1.29 is 27.1 Å². The first-order valence-corrected chi connectivity index (χ1v) is 7.45. The van der Waals surface area contributed by atoms with Gasteiger partial charge in [0.25, 0.3) is 0 Å². The molecule has 0 saturated carbocycles. The van der Waals surface area contributed by atoms with Crippen LogP contribution in [0.25, 0.3) is 0 Å². The molecule has 1 aromatic heterocycles. The standard InChI is InChI=1S/C13H14FNO5S/c1-19-12-3-2-10(14)6-13(12)21(17,18)15-7-11(16)9-4-5-20-8-9/h2-6,8,11,15-16H,7H2,1H3. The Bertz CT molecular complexity index is 699. The average Bonchev–Trinajstić information content (AvgIpc) is 2.99. The summed E-state index contributed by atoms with van der Waals surface area (Å²) >= 11 is 0. The summed E-state index contributed by atoms with van der Waals surface area (Å²) in [6, 6.07) is 4.68. The fraction of sp³-hybridized carbons (Fsp3) is 0.231. The molecule has 0 aliphatic carbocycles. The van der Waals surface area contributed by atoms with Gasteiger partial charge < -0.3 is 14.3 Å². The molecular formula is C13H14FNO5S. The predicted molar refractivity (Wildman–Crippen MR) is 71.8 cm³/mol. The van der Waals surface area contributed by atoms with E-state index in [4.69, 9.17) is 9.15 Å². The Hall–Kier alpha value is -1.90. The van der Waals surface area contributed by atoms with Crippen LogP contribution >= 0.6 is 0 Å². The van der Waals surface area contributed by atoms with Gasteiger partial charge in [0, 0.05) is 12.1 Å². The highest BCUT2D eigenvalue weighted by Crippen LogP contribution is 2.24. The zero-order valence-electron chi connectivity index (χ0n) is 11.1. The van der Waals surface area contributed by atoms with Gasteiger partial charge in [0.15, 0.2) is 0 Å². The number of ether oxygens (including phenoxy) is 1. The molecule has 6 nitrogen and oxygen atoms in total. The lowest BCUT2D eigenvalue weighted by atomic mass is 10.2. The lowest BCUT2D eigenvalue weighted by Gasteiger charge is -2.13. The Morgan fingerprint density at radius 3 is 2.81 bits per heavy atom. The quantitative estimate of drug-likeness (QED) is 0.842. The molecule has 2 aromatic rings. The van der Waals surface area contributed by atoms with Crippen LogP contribution in [0, 0.1) is 5.82 Å². The van der Waals surface area contributed by atoms with Crippen LogP contribution in [0.2, 0.25) is 0 Å². The minimum absolute atomic E-state index is 0.0155.